The van der Waals surface area contributed by atoms with Gasteiger partial charge in [-0.1, -0.05) is 6.42 Å². The summed E-state index contributed by atoms with van der Waals surface area (Å²) in [5, 5.41) is 0. The van der Waals surface area contributed by atoms with Crippen LogP contribution in [0.5, 0.6) is 0 Å². The molecule has 0 radical (unpaired) electrons. The molecule has 0 aromatic carbocycles. The molecule has 0 saturated heterocycles. The molecule has 0 unspecified atom stereocenters. The van der Waals surface area contributed by atoms with Crippen LogP contribution in [0, 0.1) is 17.3 Å². The molecular weight excluding hydrogens is 224 g/mol. The molecule has 3 saturated carbocycles. The summed E-state index contributed by atoms with van der Waals surface area (Å²) >= 11 is 0. The second kappa shape index (κ2) is 4.84. The Kier molecular flexibility index (Phi) is 3.35. The molecule has 1 amide bonds. The first-order valence-electron chi connectivity index (χ1n) is 7.69. The maximum Gasteiger partial charge on any atom is 0.223 e. The third kappa shape index (κ3) is 2.87. The highest BCUT2D eigenvalue weighted by atomic mass is 16.2. The van der Waals surface area contributed by atoms with Crippen LogP contribution in [0.15, 0.2) is 0 Å². The van der Waals surface area contributed by atoms with Crippen molar-refractivity contribution in [2.75, 3.05) is 19.6 Å². The Labute approximate surface area is 110 Å². The molecule has 0 heterocycles. The van der Waals surface area contributed by atoms with Crippen LogP contribution in [0.4, 0.5) is 0 Å². The molecule has 18 heavy (non-hydrogen) atoms. The van der Waals surface area contributed by atoms with E-state index in [0.29, 0.717) is 18.9 Å². The molecule has 3 aliphatic rings. The van der Waals surface area contributed by atoms with Crippen molar-refractivity contribution in [1.29, 1.82) is 0 Å². The first-order chi connectivity index (χ1) is 8.71. The predicted molar refractivity (Wildman–Crippen MR) is 72.0 cm³/mol. The summed E-state index contributed by atoms with van der Waals surface area (Å²) in [5.74, 6) is 2.00. The third-order valence-electron chi connectivity index (χ3n) is 5.08. The van der Waals surface area contributed by atoms with Gasteiger partial charge in [-0.2, -0.15) is 0 Å². The lowest BCUT2D eigenvalue weighted by molar-refractivity contribution is -0.135. The van der Waals surface area contributed by atoms with E-state index >= 15 is 0 Å². The van der Waals surface area contributed by atoms with Gasteiger partial charge in [0.15, 0.2) is 0 Å². The number of carbonyl (C=O) groups is 1. The van der Waals surface area contributed by atoms with Gasteiger partial charge in [-0.05, 0) is 62.3 Å². The average molecular weight is 250 g/mol. The van der Waals surface area contributed by atoms with Crippen molar-refractivity contribution >= 4 is 5.91 Å². The second-order valence-electron chi connectivity index (χ2n) is 6.92. The molecule has 0 spiro atoms. The number of nitrogens with zero attached hydrogens (tertiary/aromatic N) is 1. The summed E-state index contributed by atoms with van der Waals surface area (Å²) in [6.45, 7) is 2.74. The van der Waals surface area contributed by atoms with Crippen LogP contribution in [0.25, 0.3) is 0 Å². The van der Waals surface area contributed by atoms with Crippen molar-refractivity contribution in [2.24, 2.45) is 23.0 Å². The van der Waals surface area contributed by atoms with Gasteiger partial charge in [0, 0.05) is 19.5 Å². The summed E-state index contributed by atoms with van der Waals surface area (Å²) in [7, 11) is 0. The summed E-state index contributed by atoms with van der Waals surface area (Å²) < 4.78 is 0. The molecule has 0 atom stereocenters. The summed E-state index contributed by atoms with van der Waals surface area (Å²) in [6.07, 6.45) is 9.62. The number of nitrogens with two attached hydrogens (primary N) is 1. The summed E-state index contributed by atoms with van der Waals surface area (Å²) in [4.78, 5) is 14.7. The van der Waals surface area contributed by atoms with Gasteiger partial charge in [0.25, 0.3) is 0 Å². The molecule has 3 aliphatic carbocycles. The highest BCUT2D eigenvalue weighted by Crippen LogP contribution is 2.44. The van der Waals surface area contributed by atoms with Gasteiger partial charge in [0.05, 0.1) is 0 Å². The molecule has 3 fully saturated rings. The minimum Gasteiger partial charge on any atom is -0.342 e. The van der Waals surface area contributed by atoms with Gasteiger partial charge < -0.3 is 10.6 Å². The Morgan fingerprint density at radius 1 is 1.11 bits per heavy atom. The van der Waals surface area contributed by atoms with Gasteiger partial charge in [0.1, 0.15) is 0 Å². The lowest BCUT2D eigenvalue weighted by Gasteiger charge is -2.41. The Hall–Kier alpha value is -0.570. The lowest BCUT2D eigenvalue weighted by atomic mass is 9.66. The normalized spacial score (nSPS) is 25.6. The highest BCUT2D eigenvalue weighted by molar-refractivity contribution is 5.77. The zero-order valence-electron chi connectivity index (χ0n) is 11.4. The van der Waals surface area contributed by atoms with Gasteiger partial charge >= 0.3 is 0 Å². The molecule has 0 bridgehead atoms. The van der Waals surface area contributed by atoms with Crippen molar-refractivity contribution < 1.29 is 4.79 Å². The Balaban J connectivity index is 1.55. The maximum atomic E-state index is 12.5. The fourth-order valence-electron chi connectivity index (χ4n) is 3.06. The maximum absolute atomic E-state index is 12.5. The Bertz CT molecular complexity index is 297. The fraction of sp³-hybridized carbons (Fsp3) is 0.933. The van der Waals surface area contributed by atoms with Crippen molar-refractivity contribution in [3.63, 3.8) is 0 Å². The van der Waals surface area contributed by atoms with Crippen molar-refractivity contribution in [3.8, 4) is 0 Å². The molecule has 0 aromatic rings. The van der Waals surface area contributed by atoms with Crippen molar-refractivity contribution in [1.82, 2.24) is 4.90 Å². The number of carbonyl (C=O) groups excluding carboxylic acids is 1. The van der Waals surface area contributed by atoms with E-state index in [4.69, 9.17) is 5.73 Å². The minimum atomic E-state index is 0.169. The van der Waals surface area contributed by atoms with Crippen molar-refractivity contribution in [2.45, 2.75) is 51.4 Å². The number of amides is 1. The number of hydrogen-bond acceptors (Lipinski definition) is 2. The zero-order chi connectivity index (χ0) is 12.6. The van der Waals surface area contributed by atoms with Crippen LogP contribution in [0.1, 0.15) is 51.4 Å². The minimum absolute atomic E-state index is 0.169. The van der Waals surface area contributed by atoms with Crippen LogP contribution in [-0.4, -0.2) is 30.4 Å². The molecule has 3 rings (SSSR count). The van der Waals surface area contributed by atoms with E-state index in [-0.39, 0.29) is 5.41 Å². The van der Waals surface area contributed by atoms with Crippen LogP contribution < -0.4 is 5.73 Å². The number of rotatable bonds is 7. The van der Waals surface area contributed by atoms with Gasteiger partial charge in [0.2, 0.25) is 5.91 Å². The molecule has 0 aromatic heterocycles. The summed E-state index contributed by atoms with van der Waals surface area (Å²) in [5.41, 5.74) is 6.04. The molecule has 2 N–H and O–H groups in total. The lowest BCUT2D eigenvalue weighted by Crippen LogP contribution is -2.44. The fourth-order valence-corrected chi connectivity index (χ4v) is 3.06. The van der Waals surface area contributed by atoms with E-state index in [1.165, 1.54) is 32.1 Å². The SMILES string of the molecule is NCC1(CC(=O)N(CC2CC2)CC2CC2)CCC1. The first-order valence-corrected chi connectivity index (χ1v) is 7.69. The highest BCUT2D eigenvalue weighted by Gasteiger charge is 2.40. The average Bonchev–Trinajstić information content (AvgIpc) is 3.16. The van der Waals surface area contributed by atoms with Gasteiger partial charge in [-0.3, -0.25) is 4.79 Å². The standard InChI is InChI=1S/C15H26N2O/c16-11-15(6-1-7-15)8-14(18)17(9-12-2-3-12)10-13-4-5-13/h12-13H,1-11,16H2. The monoisotopic (exact) mass is 250 g/mol. The zero-order valence-corrected chi connectivity index (χ0v) is 11.4. The van der Waals surface area contributed by atoms with E-state index in [0.717, 1.165) is 37.8 Å². The first kappa shape index (κ1) is 12.5. The molecule has 0 aliphatic heterocycles. The molecular formula is C15H26N2O. The van der Waals surface area contributed by atoms with Crippen LogP contribution in [0.2, 0.25) is 0 Å². The van der Waals surface area contributed by atoms with E-state index < -0.39 is 0 Å². The summed E-state index contributed by atoms with van der Waals surface area (Å²) in [6, 6.07) is 0. The molecule has 3 heteroatoms. The van der Waals surface area contributed by atoms with E-state index in [9.17, 15) is 4.79 Å². The van der Waals surface area contributed by atoms with E-state index in [1.54, 1.807) is 0 Å². The second-order valence-corrected chi connectivity index (χ2v) is 6.92. The Morgan fingerprint density at radius 3 is 2.00 bits per heavy atom. The van der Waals surface area contributed by atoms with Crippen LogP contribution in [0.3, 0.4) is 0 Å². The molecule has 102 valence electrons. The number of hydrogen-bond donors (Lipinski definition) is 1. The van der Waals surface area contributed by atoms with Gasteiger partial charge in [-0.25, -0.2) is 0 Å². The predicted octanol–water partition coefficient (Wildman–Crippen LogP) is 2.15. The molecule has 3 nitrogen and oxygen atoms in total. The Morgan fingerprint density at radius 2 is 1.67 bits per heavy atom. The topological polar surface area (TPSA) is 46.3 Å². The third-order valence-corrected chi connectivity index (χ3v) is 5.08. The van der Waals surface area contributed by atoms with E-state index in [2.05, 4.69) is 4.90 Å². The largest absolute Gasteiger partial charge is 0.342 e. The van der Waals surface area contributed by atoms with Gasteiger partial charge in [-0.15, -0.1) is 0 Å². The van der Waals surface area contributed by atoms with Crippen LogP contribution in [-0.2, 0) is 4.79 Å². The van der Waals surface area contributed by atoms with E-state index in [1.807, 2.05) is 0 Å². The quantitative estimate of drug-likeness (QED) is 0.752. The smallest absolute Gasteiger partial charge is 0.223 e. The van der Waals surface area contributed by atoms with Crippen molar-refractivity contribution in [3.05, 3.63) is 0 Å². The van der Waals surface area contributed by atoms with Crippen LogP contribution >= 0.6 is 0 Å².